The van der Waals surface area contributed by atoms with Gasteiger partial charge in [-0.1, -0.05) is 67.2 Å². The third-order valence-corrected chi connectivity index (χ3v) is 5.55. The highest BCUT2D eigenvalue weighted by Gasteiger charge is 2.12. The van der Waals surface area contributed by atoms with Crippen molar-refractivity contribution in [2.24, 2.45) is 11.7 Å². The van der Waals surface area contributed by atoms with Gasteiger partial charge >= 0.3 is 0 Å². The van der Waals surface area contributed by atoms with E-state index in [1.54, 1.807) is 35.1 Å². The monoisotopic (exact) mass is 519 g/mol. The lowest BCUT2D eigenvalue weighted by Crippen LogP contribution is -2.29. The second-order valence-electron chi connectivity index (χ2n) is 6.75. The van der Waals surface area contributed by atoms with Crippen LogP contribution < -0.4 is 21.1 Å². The molecule has 4 N–H and O–H groups in total. The summed E-state index contributed by atoms with van der Waals surface area (Å²) in [5.41, 5.74) is 5.68. The summed E-state index contributed by atoms with van der Waals surface area (Å²) in [7, 11) is 3.09. The minimum Gasteiger partial charge on any atom is -0.490 e. The Kier molecular flexibility index (Phi) is 20.4. The first-order valence-electron chi connectivity index (χ1n) is 11.3. The van der Waals surface area contributed by atoms with Gasteiger partial charge in [0.15, 0.2) is 0 Å². The molecule has 0 unspecified atom stereocenters. The van der Waals surface area contributed by atoms with E-state index >= 15 is 0 Å². The van der Waals surface area contributed by atoms with Crippen LogP contribution in [0.1, 0.15) is 42.3 Å². The molecular weight excluding hydrogens is 474 g/mol. The zero-order valence-electron chi connectivity index (χ0n) is 20.8. The fraction of sp³-hybridized carbons (Fsp3) is 0.583. The minimum absolute atomic E-state index is 0. The first-order chi connectivity index (χ1) is 16.5. The lowest BCUT2D eigenvalue weighted by atomic mass is 10.2. The van der Waals surface area contributed by atoms with E-state index < -0.39 is 0 Å². The molecule has 0 aliphatic heterocycles. The molecule has 0 saturated carbocycles. The Morgan fingerprint density at radius 2 is 1.97 bits per heavy atom. The summed E-state index contributed by atoms with van der Waals surface area (Å²) in [5, 5.41) is 5.41. The molecule has 0 aromatic heterocycles. The van der Waals surface area contributed by atoms with Crippen molar-refractivity contribution in [3.05, 3.63) is 29.8 Å². The van der Waals surface area contributed by atoms with E-state index in [1.165, 1.54) is 10.8 Å². The number of amides is 2. The average Bonchev–Trinajstić information content (AvgIpc) is 2.84. The number of carbonyl (C=O) groups is 2. The van der Waals surface area contributed by atoms with Crippen molar-refractivity contribution in [2.45, 2.75) is 33.1 Å². The fourth-order valence-electron chi connectivity index (χ4n) is 2.24. The highest BCUT2D eigenvalue weighted by molar-refractivity contribution is 8.76. The number of hydrogen-bond acceptors (Lipinski definition) is 8. The fourth-order valence-corrected chi connectivity index (χ4v) is 3.71. The van der Waals surface area contributed by atoms with E-state index in [-0.39, 0.29) is 40.7 Å². The Morgan fingerprint density at radius 3 is 2.65 bits per heavy atom. The van der Waals surface area contributed by atoms with Crippen LogP contribution >= 0.6 is 21.6 Å². The molecule has 198 valence electrons. The molecule has 0 aliphatic carbocycles. The number of nitrogens with two attached hydrogens (primary N) is 1. The molecule has 0 saturated heterocycles. The standard InChI is InChI=1S/C22H33N3O5S2.C2H6.3H2/c1-17(2)6-5-10-24-20(26)15-28-12-13-29-21(32-31-3)16-30-19-8-4-7-18(14-19)22(27)25-11-9-23;1-2;;;/h4,7-8,14,17,21H,9-13,15-16,23H2,1-3H3,(H,24,26)(H,25,27);1-2H3;3*1H/t21-;;;;/m1..../s1. The van der Waals surface area contributed by atoms with Crippen LogP contribution in [-0.4, -0.2) is 69.6 Å². The second-order valence-corrected chi connectivity index (χ2v) is 9.38. The van der Waals surface area contributed by atoms with Gasteiger partial charge in [0.25, 0.3) is 5.91 Å². The summed E-state index contributed by atoms with van der Waals surface area (Å²) in [6.07, 6.45) is 1.95. The van der Waals surface area contributed by atoms with Gasteiger partial charge in [0.05, 0.1) is 19.8 Å². The van der Waals surface area contributed by atoms with Crippen LogP contribution in [-0.2, 0) is 14.3 Å². The zero-order valence-corrected chi connectivity index (χ0v) is 22.5. The topological polar surface area (TPSA) is 112 Å². The van der Waals surface area contributed by atoms with E-state index in [2.05, 4.69) is 22.5 Å². The van der Waals surface area contributed by atoms with E-state index in [0.29, 0.717) is 44.2 Å². The summed E-state index contributed by atoms with van der Waals surface area (Å²) in [5.74, 6) is 6.31. The second kappa shape index (κ2) is 21.6. The van der Waals surface area contributed by atoms with Crippen molar-refractivity contribution >= 4 is 33.4 Å². The van der Waals surface area contributed by atoms with Gasteiger partial charge in [0.1, 0.15) is 24.4 Å². The van der Waals surface area contributed by atoms with Crippen LogP contribution in [0.3, 0.4) is 0 Å². The summed E-state index contributed by atoms with van der Waals surface area (Å²) in [6.45, 7) is 9.97. The summed E-state index contributed by atoms with van der Waals surface area (Å²) in [4.78, 5) is 23.7. The van der Waals surface area contributed by atoms with Crippen molar-refractivity contribution in [1.29, 1.82) is 0 Å². The van der Waals surface area contributed by atoms with Crippen LogP contribution in [0.4, 0.5) is 0 Å². The Hall–Kier alpha value is -1.90. The Morgan fingerprint density at radius 1 is 1.21 bits per heavy atom. The van der Waals surface area contributed by atoms with Crippen LogP contribution in [0.15, 0.2) is 24.3 Å². The largest absolute Gasteiger partial charge is 0.490 e. The molecule has 10 heteroatoms. The SMILES string of the molecule is CC.CSS[C@H](COc1cccc(C(=O)NCCN)c1)OCCOCC(=O)NCC#CC(C)C.[HH].[HH].[HH]. The number of nitrogens with one attached hydrogen (secondary N) is 2. The molecular formula is C24H45N3O5S2. The van der Waals surface area contributed by atoms with E-state index in [1.807, 2.05) is 34.0 Å². The molecule has 1 atom stereocenters. The predicted molar refractivity (Wildman–Crippen MR) is 148 cm³/mol. The third-order valence-electron chi connectivity index (χ3n) is 3.65. The quantitative estimate of drug-likeness (QED) is 0.139. The molecule has 1 aromatic rings. The Labute approximate surface area is 216 Å². The van der Waals surface area contributed by atoms with Crippen molar-refractivity contribution in [1.82, 2.24) is 10.6 Å². The first-order valence-corrected chi connectivity index (χ1v) is 13.9. The normalized spacial score (nSPS) is 10.9. The lowest BCUT2D eigenvalue weighted by molar-refractivity contribution is -0.126. The maximum atomic E-state index is 12.0. The molecule has 8 nitrogen and oxygen atoms in total. The summed E-state index contributed by atoms with van der Waals surface area (Å²) < 4.78 is 16.9. The van der Waals surface area contributed by atoms with Crippen molar-refractivity contribution in [3.8, 4) is 17.6 Å². The Balaban J connectivity index is -0.00000106. The predicted octanol–water partition coefficient (Wildman–Crippen LogP) is 3.66. The molecule has 2 amide bonds. The van der Waals surface area contributed by atoms with Gasteiger partial charge < -0.3 is 30.6 Å². The highest BCUT2D eigenvalue weighted by atomic mass is 33.1. The van der Waals surface area contributed by atoms with Crippen molar-refractivity contribution < 1.29 is 28.1 Å². The smallest absolute Gasteiger partial charge is 0.251 e. The maximum Gasteiger partial charge on any atom is 0.251 e. The van der Waals surface area contributed by atoms with E-state index in [4.69, 9.17) is 19.9 Å². The van der Waals surface area contributed by atoms with Crippen LogP contribution in [0, 0.1) is 17.8 Å². The molecule has 0 spiro atoms. The number of rotatable bonds is 15. The molecule has 0 fully saturated rings. The number of carbonyl (C=O) groups excluding carboxylic acids is 2. The first kappa shape index (κ1) is 32.1. The van der Waals surface area contributed by atoms with Gasteiger partial charge in [-0.2, -0.15) is 0 Å². The lowest BCUT2D eigenvalue weighted by Gasteiger charge is -2.17. The molecule has 0 radical (unpaired) electrons. The van der Waals surface area contributed by atoms with Gasteiger partial charge in [-0.05, 0) is 24.5 Å². The zero-order chi connectivity index (χ0) is 25.6. The summed E-state index contributed by atoms with van der Waals surface area (Å²) in [6, 6.07) is 6.94. The van der Waals surface area contributed by atoms with Crippen LogP contribution in [0.5, 0.6) is 5.75 Å². The van der Waals surface area contributed by atoms with Gasteiger partial charge in [0.2, 0.25) is 5.91 Å². The van der Waals surface area contributed by atoms with Gasteiger partial charge in [-0.25, -0.2) is 0 Å². The van der Waals surface area contributed by atoms with Crippen LogP contribution in [0.25, 0.3) is 0 Å². The molecule has 1 rings (SSSR count). The maximum absolute atomic E-state index is 12.0. The van der Waals surface area contributed by atoms with Gasteiger partial charge in [-0.15, -0.1) is 0 Å². The highest BCUT2D eigenvalue weighted by Crippen LogP contribution is 2.25. The number of benzene rings is 1. The molecule has 0 bridgehead atoms. The van der Waals surface area contributed by atoms with Crippen LogP contribution in [0.2, 0.25) is 0 Å². The molecule has 0 heterocycles. The van der Waals surface area contributed by atoms with Gasteiger partial charge in [-0.3, -0.25) is 9.59 Å². The summed E-state index contributed by atoms with van der Waals surface area (Å²) >= 11 is 0. The van der Waals surface area contributed by atoms with Crippen molar-refractivity contribution in [2.75, 3.05) is 52.3 Å². The average molecular weight is 520 g/mol. The molecule has 1 aromatic carbocycles. The number of ether oxygens (including phenoxy) is 3. The molecule has 34 heavy (non-hydrogen) atoms. The minimum atomic E-state index is -0.233. The molecule has 0 aliphatic rings. The van der Waals surface area contributed by atoms with Gasteiger partial charge in [0, 0.05) is 28.9 Å². The number of hydrogen-bond donors (Lipinski definition) is 3. The Bertz CT molecular complexity index is 769. The third kappa shape index (κ3) is 16.7. The van der Waals surface area contributed by atoms with E-state index in [9.17, 15) is 9.59 Å². The van der Waals surface area contributed by atoms with Crippen molar-refractivity contribution in [3.63, 3.8) is 0 Å². The van der Waals surface area contributed by atoms with E-state index in [0.717, 1.165) is 0 Å².